The van der Waals surface area contributed by atoms with E-state index in [4.69, 9.17) is 5.11 Å². The molecule has 1 fully saturated rings. The summed E-state index contributed by atoms with van der Waals surface area (Å²) >= 11 is 0. The second-order valence-electron chi connectivity index (χ2n) is 6.62. The molecule has 1 aliphatic heterocycles. The number of carbonyl (C=O) groups excluding carboxylic acids is 1. The number of hydrogen-bond donors (Lipinski definition) is 1. The quantitative estimate of drug-likeness (QED) is 0.718. The van der Waals surface area contributed by atoms with Crippen molar-refractivity contribution < 1.29 is 9.90 Å². The highest BCUT2D eigenvalue weighted by Crippen LogP contribution is 2.26. The number of likely N-dealkylation sites (tertiary alicyclic amines) is 1. The summed E-state index contributed by atoms with van der Waals surface area (Å²) in [5, 5.41) is 24.6. The molecule has 0 bridgehead atoms. The van der Waals surface area contributed by atoms with Gasteiger partial charge in [-0.05, 0) is 53.6 Å². The van der Waals surface area contributed by atoms with E-state index in [0.29, 0.717) is 18.7 Å². The highest BCUT2D eigenvalue weighted by Gasteiger charge is 2.26. The van der Waals surface area contributed by atoms with E-state index in [-0.39, 0.29) is 18.4 Å². The third kappa shape index (κ3) is 3.72. The van der Waals surface area contributed by atoms with Crippen molar-refractivity contribution in [3.8, 4) is 5.69 Å². The zero-order chi connectivity index (χ0) is 18.6. The third-order valence-corrected chi connectivity index (χ3v) is 4.85. The summed E-state index contributed by atoms with van der Waals surface area (Å²) < 4.78 is 3.29. The largest absolute Gasteiger partial charge is 0.394 e. The second kappa shape index (κ2) is 7.67. The van der Waals surface area contributed by atoms with Gasteiger partial charge in [-0.25, -0.2) is 4.68 Å². The number of aliphatic hydroxyl groups excluding tert-OH is 1. The minimum Gasteiger partial charge on any atom is -0.394 e. The zero-order valence-electron chi connectivity index (χ0n) is 14.8. The molecule has 1 amide bonds. The van der Waals surface area contributed by atoms with Crippen molar-refractivity contribution in [2.24, 2.45) is 0 Å². The molecule has 0 unspecified atom stereocenters. The second-order valence-corrected chi connectivity index (χ2v) is 6.62. The Morgan fingerprint density at radius 3 is 2.81 bits per heavy atom. The first-order chi connectivity index (χ1) is 13.2. The Morgan fingerprint density at radius 1 is 1.22 bits per heavy atom. The highest BCUT2D eigenvalue weighted by molar-refractivity contribution is 5.94. The van der Waals surface area contributed by atoms with Crippen LogP contribution in [0.3, 0.4) is 0 Å². The first-order valence-corrected chi connectivity index (χ1v) is 9.01. The number of benzene rings is 1. The SMILES string of the molecule is O=C(c1ccc(-n2cnnn2)cc1)N1CCC[C@@H](c2ccn(CCO)n2)C1. The number of piperidine rings is 1. The molecule has 3 heterocycles. The molecule has 9 nitrogen and oxygen atoms in total. The predicted molar refractivity (Wildman–Crippen MR) is 96.3 cm³/mol. The predicted octanol–water partition coefficient (Wildman–Crippen LogP) is 0.871. The summed E-state index contributed by atoms with van der Waals surface area (Å²) in [6, 6.07) is 9.26. The fraction of sp³-hybridized carbons (Fsp3) is 0.389. The van der Waals surface area contributed by atoms with Crippen LogP contribution >= 0.6 is 0 Å². The van der Waals surface area contributed by atoms with Gasteiger partial charge in [0.1, 0.15) is 6.33 Å². The van der Waals surface area contributed by atoms with E-state index >= 15 is 0 Å². The molecule has 0 spiro atoms. The maximum Gasteiger partial charge on any atom is 0.253 e. The van der Waals surface area contributed by atoms with Crippen LogP contribution in [-0.4, -0.2) is 65.6 Å². The summed E-state index contributed by atoms with van der Waals surface area (Å²) in [6.45, 7) is 1.96. The van der Waals surface area contributed by atoms with Crippen LogP contribution in [-0.2, 0) is 6.54 Å². The number of carbonyl (C=O) groups is 1. The van der Waals surface area contributed by atoms with Gasteiger partial charge in [0, 0.05) is 30.8 Å². The summed E-state index contributed by atoms with van der Waals surface area (Å²) in [5.41, 5.74) is 2.44. The van der Waals surface area contributed by atoms with Gasteiger partial charge in [-0.2, -0.15) is 5.10 Å². The van der Waals surface area contributed by atoms with Gasteiger partial charge in [0.15, 0.2) is 0 Å². The van der Waals surface area contributed by atoms with Gasteiger partial charge in [-0.3, -0.25) is 9.48 Å². The lowest BCUT2D eigenvalue weighted by Gasteiger charge is -2.32. The molecule has 0 saturated carbocycles. The topological polar surface area (TPSA) is 102 Å². The molecule has 0 aliphatic carbocycles. The molecule has 1 N–H and O–H groups in total. The maximum atomic E-state index is 12.9. The third-order valence-electron chi connectivity index (χ3n) is 4.85. The Morgan fingerprint density at radius 2 is 2.07 bits per heavy atom. The molecular weight excluding hydrogens is 346 g/mol. The van der Waals surface area contributed by atoms with E-state index in [1.807, 2.05) is 29.3 Å². The van der Waals surface area contributed by atoms with Crippen molar-refractivity contribution >= 4 is 5.91 Å². The Balaban J connectivity index is 1.45. The fourth-order valence-corrected chi connectivity index (χ4v) is 3.44. The van der Waals surface area contributed by atoms with Gasteiger partial charge in [0.2, 0.25) is 0 Å². The fourth-order valence-electron chi connectivity index (χ4n) is 3.44. The summed E-state index contributed by atoms with van der Waals surface area (Å²) in [4.78, 5) is 14.8. The molecule has 9 heteroatoms. The van der Waals surface area contributed by atoms with Crippen molar-refractivity contribution in [2.75, 3.05) is 19.7 Å². The minimum absolute atomic E-state index is 0.0257. The van der Waals surface area contributed by atoms with Crippen molar-refractivity contribution in [1.29, 1.82) is 0 Å². The molecule has 140 valence electrons. The number of aliphatic hydroxyl groups is 1. The molecule has 1 atom stereocenters. The average molecular weight is 367 g/mol. The monoisotopic (exact) mass is 367 g/mol. The van der Waals surface area contributed by atoms with Gasteiger partial charge in [-0.1, -0.05) is 0 Å². The van der Waals surface area contributed by atoms with Gasteiger partial charge < -0.3 is 10.0 Å². The maximum absolute atomic E-state index is 12.9. The first-order valence-electron chi connectivity index (χ1n) is 9.01. The highest BCUT2D eigenvalue weighted by atomic mass is 16.3. The Labute approximate surface area is 156 Å². The lowest BCUT2D eigenvalue weighted by Crippen LogP contribution is -2.39. The molecule has 27 heavy (non-hydrogen) atoms. The van der Waals surface area contributed by atoms with Gasteiger partial charge in [-0.15, -0.1) is 5.10 Å². The molecule has 2 aromatic heterocycles. The number of amides is 1. The van der Waals surface area contributed by atoms with Crippen LogP contribution in [0.1, 0.15) is 34.8 Å². The molecular formula is C18H21N7O2. The van der Waals surface area contributed by atoms with Crippen LogP contribution in [0.25, 0.3) is 5.69 Å². The Bertz CT molecular complexity index is 889. The van der Waals surface area contributed by atoms with E-state index in [1.54, 1.807) is 21.5 Å². The van der Waals surface area contributed by atoms with Crippen LogP contribution in [0.5, 0.6) is 0 Å². The Kier molecular flexibility index (Phi) is 4.93. The molecule has 4 rings (SSSR count). The van der Waals surface area contributed by atoms with Crippen LogP contribution in [0.4, 0.5) is 0 Å². The normalized spacial score (nSPS) is 17.2. The number of tetrazole rings is 1. The molecule has 1 aromatic carbocycles. The summed E-state index contributed by atoms with van der Waals surface area (Å²) in [6.07, 6.45) is 5.36. The van der Waals surface area contributed by atoms with Crippen LogP contribution in [0, 0.1) is 0 Å². The van der Waals surface area contributed by atoms with Crippen LogP contribution in [0.2, 0.25) is 0 Å². The van der Waals surface area contributed by atoms with Crippen molar-refractivity contribution in [1.82, 2.24) is 34.9 Å². The lowest BCUT2D eigenvalue weighted by atomic mass is 9.94. The number of aromatic nitrogens is 6. The number of rotatable bonds is 5. The van der Waals surface area contributed by atoms with Crippen molar-refractivity contribution in [2.45, 2.75) is 25.3 Å². The van der Waals surface area contributed by atoms with Gasteiger partial charge in [0.05, 0.1) is 24.5 Å². The lowest BCUT2D eigenvalue weighted by molar-refractivity contribution is 0.0705. The summed E-state index contributed by atoms with van der Waals surface area (Å²) in [5.74, 6) is 0.251. The number of nitrogens with zero attached hydrogens (tertiary/aromatic N) is 7. The van der Waals surface area contributed by atoms with E-state index in [9.17, 15) is 4.79 Å². The van der Waals surface area contributed by atoms with E-state index < -0.39 is 0 Å². The van der Waals surface area contributed by atoms with Crippen LogP contribution in [0.15, 0.2) is 42.9 Å². The smallest absolute Gasteiger partial charge is 0.253 e. The summed E-state index contributed by atoms with van der Waals surface area (Å²) in [7, 11) is 0. The molecule has 3 aromatic rings. The van der Waals surface area contributed by atoms with Crippen molar-refractivity contribution in [3.63, 3.8) is 0 Å². The van der Waals surface area contributed by atoms with Crippen molar-refractivity contribution in [3.05, 3.63) is 54.1 Å². The molecule has 1 aliphatic rings. The van der Waals surface area contributed by atoms with E-state index in [1.165, 1.54) is 6.33 Å². The van der Waals surface area contributed by atoms with Gasteiger partial charge in [0.25, 0.3) is 5.91 Å². The van der Waals surface area contributed by atoms with Gasteiger partial charge >= 0.3 is 0 Å². The standard InChI is InChI=1S/C18H21N7O2/c26-11-10-24-9-7-17(20-24)15-2-1-8-23(12-15)18(27)14-3-5-16(6-4-14)25-13-19-21-22-25/h3-7,9,13,15,26H,1-2,8,10-12H2/t15-/m1/s1. The Hall–Kier alpha value is -3.07. The van der Waals surface area contributed by atoms with Crippen LogP contribution < -0.4 is 0 Å². The first kappa shape index (κ1) is 17.3. The van der Waals surface area contributed by atoms with E-state index in [2.05, 4.69) is 20.6 Å². The molecule has 1 saturated heterocycles. The van der Waals surface area contributed by atoms with E-state index in [0.717, 1.165) is 30.8 Å². The minimum atomic E-state index is 0.0257. The average Bonchev–Trinajstić information content (AvgIpc) is 3.40. The zero-order valence-corrected chi connectivity index (χ0v) is 14.8. The molecule has 0 radical (unpaired) electrons. The number of hydrogen-bond acceptors (Lipinski definition) is 6.